The van der Waals surface area contributed by atoms with E-state index in [1.165, 1.54) is 24.5 Å². The molecule has 0 aliphatic rings. The van der Waals surface area contributed by atoms with E-state index in [-0.39, 0.29) is 11.4 Å². The third-order valence-electron chi connectivity index (χ3n) is 3.18. The predicted molar refractivity (Wildman–Crippen MR) is 90.1 cm³/mol. The molecule has 3 aromatic rings. The number of anilines is 2. The summed E-state index contributed by atoms with van der Waals surface area (Å²) in [6.07, 6.45) is 1.40. The molecule has 2 aromatic heterocycles. The lowest BCUT2D eigenvalue weighted by atomic mass is 10.2. The van der Waals surface area contributed by atoms with Crippen molar-refractivity contribution in [2.24, 2.45) is 0 Å². The molecule has 0 fully saturated rings. The zero-order valence-corrected chi connectivity index (χ0v) is 13.4. The Hall–Kier alpha value is -2.93. The summed E-state index contributed by atoms with van der Waals surface area (Å²) in [6.45, 7) is 1.77. The Balaban J connectivity index is 1.68. The molecule has 0 saturated carbocycles. The molecule has 0 aliphatic carbocycles. The minimum Gasteiger partial charge on any atom is -0.459 e. The number of amides is 2. The second kappa shape index (κ2) is 6.67. The van der Waals surface area contributed by atoms with Crippen LogP contribution in [-0.4, -0.2) is 11.8 Å². The van der Waals surface area contributed by atoms with Gasteiger partial charge < -0.3 is 15.1 Å². The summed E-state index contributed by atoms with van der Waals surface area (Å²) in [5.74, 6) is -1.16. The fourth-order valence-corrected chi connectivity index (χ4v) is 2.81. The molecule has 2 heterocycles. The SMILES string of the molecule is Cc1ccc(NC(=O)c2ccc(NC(=O)c3ccco3)s2)c(F)c1. The maximum atomic E-state index is 13.8. The molecule has 0 spiro atoms. The van der Waals surface area contributed by atoms with Crippen LogP contribution in [0.3, 0.4) is 0 Å². The van der Waals surface area contributed by atoms with Gasteiger partial charge in [-0.2, -0.15) is 0 Å². The number of rotatable bonds is 4. The Morgan fingerprint density at radius 1 is 1.08 bits per heavy atom. The van der Waals surface area contributed by atoms with Crippen molar-refractivity contribution in [2.45, 2.75) is 6.92 Å². The van der Waals surface area contributed by atoms with Crippen LogP contribution in [0, 0.1) is 12.7 Å². The zero-order chi connectivity index (χ0) is 17.1. The molecule has 0 aliphatic heterocycles. The lowest BCUT2D eigenvalue weighted by Gasteiger charge is -2.05. The molecule has 0 unspecified atom stereocenters. The first kappa shape index (κ1) is 15.9. The number of benzene rings is 1. The molecule has 0 radical (unpaired) electrons. The molecule has 7 heteroatoms. The fraction of sp³-hybridized carbons (Fsp3) is 0.0588. The van der Waals surface area contributed by atoms with Gasteiger partial charge in [-0.05, 0) is 48.9 Å². The highest BCUT2D eigenvalue weighted by Crippen LogP contribution is 2.24. The Bertz CT molecular complexity index is 887. The molecule has 2 amide bonds. The van der Waals surface area contributed by atoms with Crippen LogP contribution in [0.4, 0.5) is 15.1 Å². The van der Waals surface area contributed by atoms with Gasteiger partial charge in [0.05, 0.1) is 21.8 Å². The van der Waals surface area contributed by atoms with Gasteiger partial charge in [0, 0.05) is 0 Å². The minimum absolute atomic E-state index is 0.111. The van der Waals surface area contributed by atoms with Crippen LogP contribution in [0.2, 0.25) is 0 Å². The summed E-state index contributed by atoms with van der Waals surface area (Å²) in [5, 5.41) is 5.64. The number of thiophene rings is 1. The van der Waals surface area contributed by atoms with E-state index in [1.807, 2.05) is 0 Å². The monoisotopic (exact) mass is 344 g/mol. The molecule has 0 bridgehead atoms. The molecule has 5 nitrogen and oxygen atoms in total. The second-order valence-corrected chi connectivity index (χ2v) is 6.12. The van der Waals surface area contributed by atoms with Crippen LogP contribution >= 0.6 is 11.3 Å². The van der Waals surface area contributed by atoms with Gasteiger partial charge in [-0.15, -0.1) is 11.3 Å². The molecule has 24 heavy (non-hydrogen) atoms. The van der Waals surface area contributed by atoms with Crippen molar-refractivity contribution in [3.05, 3.63) is 70.7 Å². The summed E-state index contributed by atoms with van der Waals surface area (Å²) in [5.41, 5.74) is 0.879. The van der Waals surface area contributed by atoms with Gasteiger partial charge in [-0.25, -0.2) is 4.39 Å². The van der Waals surface area contributed by atoms with Crippen molar-refractivity contribution in [3.63, 3.8) is 0 Å². The Morgan fingerprint density at radius 3 is 2.62 bits per heavy atom. The lowest BCUT2D eigenvalue weighted by Crippen LogP contribution is -2.11. The highest BCUT2D eigenvalue weighted by atomic mass is 32.1. The van der Waals surface area contributed by atoms with Crippen molar-refractivity contribution in [1.82, 2.24) is 0 Å². The van der Waals surface area contributed by atoms with Gasteiger partial charge in [-0.1, -0.05) is 6.07 Å². The van der Waals surface area contributed by atoms with Crippen LogP contribution < -0.4 is 10.6 Å². The average molecular weight is 344 g/mol. The largest absolute Gasteiger partial charge is 0.459 e. The van der Waals surface area contributed by atoms with E-state index < -0.39 is 17.6 Å². The first-order valence-corrected chi connectivity index (χ1v) is 7.87. The molecular weight excluding hydrogens is 331 g/mol. The van der Waals surface area contributed by atoms with Crippen molar-refractivity contribution < 1.29 is 18.4 Å². The van der Waals surface area contributed by atoms with Crippen molar-refractivity contribution in [3.8, 4) is 0 Å². The van der Waals surface area contributed by atoms with E-state index in [2.05, 4.69) is 10.6 Å². The third kappa shape index (κ3) is 3.52. The zero-order valence-electron chi connectivity index (χ0n) is 12.6. The molecule has 3 rings (SSSR count). The molecular formula is C17H13FN2O3S. The van der Waals surface area contributed by atoms with Gasteiger partial charge in [0.25, 0.3) is 11.8 Å². The van der Waals surface area contributed by atoms with Crippen LogP contribution in [0.15, 0.2) is 53.1 Å². The number of nitrogens with one attached hydrogen (secondary N) is 2. The molecule has 2 N–H and O–H groups in total. The van der Waals surface area contributed by atoms with E-state index in [4.69, 9.17) is 4.42 Å². The van der Waals surface area contributed by atoms with Gasteiger partial charge in [-0.3, -0.25) is 9.59 Å². The number of halogens is 1. The van der Waals surface area contributed by atoms with E-state index in [1.54, 1.807) is 31.2 Å². The topological polar surface area (TPSA) is 71.3 Å². The van der Waals surface area contributed by atoms with Crippen molar-refractivity contribution in [2.75, 3.05) is 10.6 Å². The summed E-state index contributed by atoms with van der Waals surface area (Å²) in [4.78, 5) is 24.4. The van der Waals surface area contributed by atoms with E-state index in [0.717, 1.165) is 16.9 Å². The van der Waals surface area contributed by atoms with E-state index >= 15 is 0 Å². The third-order valence-corrected chi connectivity index (χ3v) is 4.18. The van der Waals surface area contributed by atoms with E-state index in [9.17, 15) is 14.0 Å². The summed E-state index contributed by atoms with van der Waals surface area (Å²) in [6, 6.07) is 10.9. The Labute approximate surface area is 141 Å². The molecule has 1 aromatic carbocycles. The molecule has 0 saturated heterocycles. The van der Waals surface area contributed by atoms with Gasteiger partial charge in [0.2, 0.25) is 0 Å². The number of furan rings is 1. The number of carbonyl (C=O) groups excluding carboxylic acids is 2. The van der Waals surface area contributed by atoms with Crippen LogP contribution in [0.25, 0.3) is 0 Å². The van der Waals surface area contributed by atoms with Gasteiger partial charge in [0.1, 0.15) is 5.82 Å². The number of aryl methyl sites for hydroxylation is 1. The van der Waals surface area contributed by atoms with Gasteiger partial charge in [0.15, 0.2) is 5.76 Å². The quantitative estimate of drug-likeness (QED) is 0.741. The number of carbonyl (C=O) groups is 2. The maximum absolute atomic E-state index is 13.8. The molecule has 122 valence electrons. The maximum Gasteiger partial charge on any atom is 0.291 e. The highest BCUT2D eigenvalue weighted by Gasteiger charge is 2.14. The van der Waals surface area contributed by atoms with Crippen LogP contribution in [0.5, 0.6) is 0 Å². The minimum atomic E-state index is -0.494. The van der Waals surface area contributed by atoms with E-state index in [0.29, 0.717) is 9.88 Å². The second-order valence-electron chi connectivity index (χ2n) is 5.03. The Kier molecular flexibility index (Phi) is 4.43. The summed E-state index contributed by atoms with van der Waals surface area (Å²) < 4.78 is 18.8. The predicted octanol–water partition coefficient (Wildman–Crippen LogP) is 4.29. The standard InChI is InChI=1S/C17H13FN2O3S/c1-10-4-5-12(11(18)9-10)19-17(22)14-6-7-15(24-14)20-16(21)13-3-2-8-23-13/h2-9H,1H3,(H,19,22)(H,20,21). The smallest absolute Gasteiger partial charge is 0.291 e. The van der Waals surface area contributed by atoms with Crippen LogP contribution in [0.1, 0.15) is 25.8 Å². The van der Waals surface area contributed by atoms with Crippen molar-refractivity contribution in [1.29, 1.82) is 0 Å². The summed E-state index contributed by atoms with van der Waals surface area (Å²) >= 11 is 1.09. The van der Waals surface area contributed by atoms with Crippen LogP contribution in [-0.2, 0) is 0 Å². The number of hydrogen-bond donors (Lipinski definition) is 2. The fourth-order valence-electron chi connectivity index (χ4n) is 2.01. The first-order chi connectivity index (χ1) is 11.5. The molecule has 0 atom stereocenters. The summed E-state index contributed by atoms with van der Waals surface area (Å²) in [7, 11) is 0. The first-order valence-electron chi connectivity index (χ1n) is 7.05. The van der Waals surface area contributed by atoms with Gasteiger partial charge >= 0.3 is 0 Å². The highest BCUT2D eigenvalue weighted by molar-refractivity contribution is 7.18. The normalized spacial score (nSPS) is 10.4. The number of hydrogen-bond acceptors (Lipinski definition) is 4. The van der Waals surface area contributed by atoms with Crippen molar-refractivity contribution >= 4 is 33.8 Å². The lowest BCUT2D eigenvalue weighted by molar-refractivity contribution is 0.0995. The Morgan fingerprint density at radius 2 is 1.92 bits per heavy atom. The average Bonchev–Trinajstić information content (AvgIpc) is 3.21.